The number of hydrogen-bond donors (Lipinski definition) is 3. The van der Waals surface area contributed by atoms with Gasteiger partial charge in [0.15, 0.2) is 0 Å². The molecule has 0 spiro atoms. The normalized spacial score (nSPS) is 11.4. The highest BCUT2D eigenvalue weighted by Gasteiger charge is 2.19. The van der Waals surface area contributed by atoms with E-state index in [1.807, 2.05) is 31.2 Å². The Morgan fingerprint density at radius 1 is 1.27 bits per heavy atom. The molecule has 10 heteroatoms. The van der Waals surface area contributed by atoms with Crippen LogP contribution in [0.25, 0.3) is 33.2 Å². The fourth-order valence-electron chi connectivity index (χ4n) is 3.46. The van der Waals surface area contributed by atoms with E-state index in [9.17, 15) is 4.79 Å². The van der Waals surface area contributed by atoms with Gasteiger partial charge in [-0.1, -0.05) is 6.07 Å². The lowest BCUT2D eigenvalue weighted by Crippen LogP contribution is -2.30. The molecule has 5 aromatic rings. The maximum Gasteiger partial charge on any atom is 0.273 e. The monoisotopic (exact) mass is 418 g/mol. The first-order valence-corrected chi connectivity index (χ1v) is 10.3. The summed E-state index contributed by atoms with van der Waals surface area (Å²) in [5.74, 6) is 0.889. The van der Waals surface area contributed by atoms with E-state index in [0.717, 1.165) is 27.7 Å². The van der Waals surface area contributed by atoms with Crippen LogP contribution in [-0.2, 0) is 6.54 Å². The molecule has 0 aliphatic carbocycles. The highest BCUT2D eigenvalue weighted by Crippen LogP contribution is 2.29. The minimum Gasteiger partial charge on any atom is -0.382 e. The Kier molecular flexibility index (Phi) is 4.40. The lowest BCUT2D eigenvalue weighted by atomic mass is 10.1. The van der Waals surface area contributed by atoms with Crippen LogP contribution in [0, 0.1) is 0 Å². The van der Waals surface area contributed by atoms with Gasteiger partial charge in [-0.05, 0) is 25.1 Å². The third-order valence-corrected chi connectivity index (χ3v) is 5.56. The van der Waals surface area contributed by atoms with Gasteiger partial charge in [-0.25, -0.2) is 15.0 Å². The number of anilines is 1. The number of rotatable bonds is 5. The van der Waals surface area contributed by atoms with Crippen molar-refractivity contribution in [2.24, 2.45) is 0 Å². The number of imidazole rings is 1. The molecule has 0 radical (unpaired) electrons. The van der Waals surface area contributed by atoms with Crippen molar-refractivity contribution in [2.75, 3.05) is 12.3 Å². The smallest absolute Gasteiger partial charge is 0.273 e. The number of nitrogens with one attached hydrogen (secondary N) is 2. The van der Waals surface area contributed by atoms with E-state index in [1.54, 1.807) is 22.0 Å². The summed E-state index contributed by atoms with van der Waals surface area (Å²) in [6.45, 7) is 2.79. The molecule has 1 amide bonds. The Balaban J connectivity index is 1.54. The third kappa shape index (κ3) is 3.07. The number of carbonyl (C=O) groups is 1. The molecule has 4 N–H and O–H groups in total. The molecular weight excluding hydrogens is 400 g/mol. The molecule has 0 unspecified atom stereocenters. The number of benzene rings is 1. The molecule has 0 aliphatic heterocycles. The quantitative estimate of drug-likeness (QED) is 0.402. The SMILES string of the molecule is CCN(Cc1nc2c([nH]1)c(N)nc1cc(-c3ccn[nH]3)ccc12)C(=O)c1cscn1. The number of carbonyl (C=O) groups excluding carboxylic acids is 1. The first-order valence-electron chi connectivity index (χ1n) is 9.39. The number of pyridine rings is 1. The highest BCUT2D eigenvalue weighted by molar-refractivity contribution is 7.07. The van der Waals surface area contributed by atoms with E-state index in [2.05, 4.69) is 25.1 Å². The fraction of sp³-hybridized carbons (Fsp3) is 0.150. The van der Waals surface area contributed by atoms with E-state index in [-0.39, 0.29) is 5.91 Å². The topological polar surface area (TPSA) is 129 Å². The molecule has 0 saturated carbocycles. The van der Waals surface area contributed by atoms with Crippen molar-refractivity contribution in [3.8, 4) is 11.3 Å². The minimum atomic E-state index is -0.126. The molecule has 0 fully saturated rings. The fourth-order valence-corrected chi connectivity index (χ4v) is 3.99. The summed E-state index contributed by atoms with van der Waals surface area (Å²) in [6.07, 6.45) is 1.71. The summed E-state index contributed by atoms with van der Waals surface area (Å²) in [4.78, 5) is 31.0. The molecule has 0 atom stereocenters. The number of H-pyrrole nitrogens is 2. The van der Waals surface area contributed by atoms with Gasteiger partial charge in [-0.2, -0.15) is 5.10 Å². The number of nitrogens with two attached hydrogens (primary N) is 1. The van der Waals surface area contributed by atoms with Crippen molar-refractivity contribution in [2.45, 2.75) is 13.5 Å². The summed E-state index contributed by atoms with van der Waals surface area (Å²) in [5.41, 5.74) is 12.3. The second kappa shape index (κ2) is 7.23. The number of aromatic amines is 2. The zero-order valence-electron chi connectivity index (χ0n) is 16.1. The van der Waals surface area contributed by atoms with Crippen LogP contribution in [-0.4, -0.2) is 47.5 Å². The van der Waals surface area contributed by atoms with Gasteiger partial charge < -0.3 is 15.6 Å². The predicted octanol–water partition coefficient (Wildman–Crippen LogP) is 3.20. The maximum absolute atomic E-state index is 12.7. The van der Waals surface area contributed by atoms with Crippen LogP contribution in [0.4, 0.5) is 5.82 Å². The Morgan fingerprint density at radius 2 is 2.17 bits per heavy atom. The van der Waals surface area contributed by atoms with Gasteiger partial charge in [0.05, 0.1) is 23.3 Å². The molecule has 9 nitrogen and oxygen atoms in total. The van der Waals surface area contributed by atoms with Crippen molar-refractivity contribution in [1.29, 1.82) is 0 Å². The molecule has 30 heavy (non-hydrogen) atoms. The van der Waals surface area contributed by atoms with Crippen LogP contribution >= 0.6 is 11.3 Å². The molecule has 5 rings (SSSR count). The summed E-state index contributed by atoms with van der Waals surface area (Å²) < 4.78 is 0. The van der Waals surface area contributed by atoms with Crippen LogP contribution in [0.5, 0.6) is 0 Å². The first-order chi connectivity index (χ1) is 14.6. The van der Waals surface area contributed by atoms with E-state index in [4.69, 9.17) is 10.7 Å². The molecule has 0 bridgehead atoms. The first kappa shape index (κ1) is 18.3. The molecule has 1 aromatic carbocycles. The number of nitrogen functional groups attached to an aromatic ring is 1. The van der Waals surface area contributed by atoms with Crippen molar-refractivity contribution in [1.82, 2.24) is 35.0 Å². The van der Waals surface area contributed by atoms with E-state index >= 15 is 0 Å². The zero-order valence-corrected chi connectivity index (χ0v) is 16.9. The third-order valence-electron chi connectivity index (χ3n) is 4.98. The predicted molar refractivity (Wildman–Crippen MR) is 116 cm³/mol. The van der Waals surface area contributed by atoms with Crippen LogP contribution in [0.1, 0.15) is 23.2 Å². The molecule has 4 heterocycles. The Labute approximate surface area is 175 Å². The maximum atomic E-state index is 12.7. The van der Waals surface area contributed by atoms with Gasteiger partial charge in [0.2, 0.25) is 0 Å². The van der Waals surface area contributed by atoms with Crippen molar-refractivity contribution in [3.05, 3.63) is 52.9 Å². The van der Waals surface area contributed by atoms with Crippen LogP contribution < -0.4 is 5.73 Å². The largest absolute Gasteiger partial charge is 0.382 e. The Morgan fingerprint density at radius 3 is 2.90 bits per heavy atom. The van der Waals surface area contributed by atoms with E-state index in [0.29, 0.717) is 35.9 Å². The summed E-state index contributed by atoms with van der Waals surface area (Å²) in [6, 6.07) is 7.82. The number of fused-ring (bicyclic) bond motifs is 3. The number of aromatic nitrogens is 6. The van der Waals surface area contributed by atoms with Crippen LogP contribution in [0.3, 0.4) is 0 Å². The molecular formula is C20H18N8OS. The summed E-state index contributed by atoms with van der Waals surface area (Å²) >= 11 is 1.40. The summed E-state index contributed by atoms with van der Waals surface area (Å²) in [7, 11) is 0. The average Bonchev–Trinajstić information content (AvgIpc) is 3.53. The standard InChI is InChI=1S/C20H18N8OS/c1-2-28(20(29)15-9-30-10-22-15)8-16-25-17-12-4-3-11(13-5-6-23-27-13)7-14(12)24-19(21)18(17)26-16/h3-7,9-10H,2,8H2,1H3,(H2,21,24)(H,23,27)(H,25,26). The molecule has 4 aromatic heterocycles. The number of amides is 1. The average molecular weight is 418 g/mol. The van der Waals surface area contributed by atoms with Crippen molar-refractivity contribution in [3.63, 3.8) is 0 Å². The number of nitrogens with zero attached hydrogens (tertiary/aromatic N) is 5. The molecule has 0 aliphatic rings. The number of hydrogen-bond acceptors (Lipinski definition) is 7. The molecule has 150 valence electrons. The highest BCUT2D eigenvalue weighted by atomic mass is 32.1. The van der Waals surface area contributed by atoms with Gasteiger partial charge in [-0.15, -0.1) is 11.3 Å². The van der Waals surface area contributed by atoms with E-state index in [1.165, 1.54) is 11.3 Å². The van der Waals surface area contributed by atoms with Gasteiger partial charge in [0.25, 0.3) is 5.91 Å². The Bertz CT molecular complexity index is 1340. The Hall–Kier alpha value is -3.79. The van der Waals surface area contributed by atoms with Gasteiger partial charge >= 0.3 is 0 Å². The van der Waals surface area contributed by atoms with Gasteiger partial charge in [-0.3, -0.25) is 9.89 Å². The van der Waals surface area contributed by atoms with Crippen molar-refractivity contribution >= 4 is 45.0 Å². The minimum absolute atomic E-state index is 0.126. The van der Waals surface area contributed by atoms with Gasteiger partial charge in [0, 0.05) is 29.1 Å². The van der Waals surface area contributed by atoms with Crippen molar-refractivity contribution < 1.29 is 4.79 Å². The van der Waals surface area contributed by atoms with Crippen LogP contribution in [0.2, 0.25) is 0 Å². The summed E-state index contributed by atoms with van der Waals surface area (Å²) in [5, 5.41) is 9.58. The van der Waals surface area contributed by atoms with E-state index < -0.39 is 0 Å². The second-order valence-corrected chi connectivity index (χ2v) is 7.52. The lowest BCUT2D eigenvalue weighted by molar-refractivity contribution is 0.0744. The second-order valence-electron chi connectivity index (χ2n) is 6.80. The number of thiazole rings is 1. The lowest BCUT2D eigenvalue weighted by Gasteiger charge is -2.18. The molecule has 0 saturated heterocycles. The zero-order chi connectivity index (χ0) is 20.7. The van der Waals surface area contributed by atoms with Gasteiger partial charge in [0.1, 0.15) is 28.4 Å². The van der Waals surface area contributed by atoms with Crippen LogP contribution in [0.15, 0.2) is 41.4 Å².